The van der Waals surface area contributed by atoms with Gasteiger partial charge in [0.2, 0.25) is 0 Å². The first-order chi connectivity index (χ1) is 16.3. The maximum absolute atomic E-state index is 11.6. The lowest BCUT2D eigenvalue weighted by Gasteiger charge is -2.36. The molecule has 0 radical (unpaired) electrons. The van der Waals surface area contributed by atoms with Gasteiger partial charge < -0.3 is 9.47 Å². The van der Waals surface area contributed by atoms with Crippen LogP contribution in [0, 0.1) is 35.5 Å². The highest BCUT2D eigenvalue weighted by molar-refractivity contribution is 5.87. The molecule has 3 aliphatic rings. The fraction of sp³-hybridized carbons (Fsp3) is 0.800. The predicted molar refractivity (Wildman–Crippen MR) is 137 cm³/mol. The Labute approximate surface area is 207 Å². The van der Waals surface area contributed by atoms with E-state index in [1.165, 1.54) is 89.9 Å². The zero-order valence-corrected chi connectivity index (χ0v) is 21.8. The third-order valence-corrected chi connectivity index (χ3v) is 8.83. The zero-order chi connectivity index (χ0) is 24.5. The van der Waals surface area contributed by atoms with E-state index in [4.69, 9.17) is 9.47 Å². The summed E-state index contributed by atoms with van der Waals surface area (Å²) in [7, 11) is 0. The maximum Gasteiger partial charge on any atom is 0.333 e. The van der Waals surface area contributed by atoms with Gasteiger partial charge in [-0.25, -0.2) is 9.59 Å². The standard InChI is InChI=1S/C30H48O4/c1-21(2)29(31)33-19-27-13-9-25(10-14-27)17-23-5-7-24(8-6-23)18-26-11-15-28(16-12-26)20-34-30(32)22(3)4/h23-28H,1,3,5-20H2,2,4H3. The number of rotatable bonds is 10. The van der Waals surface area contributed by atoms with Crippen LogP contribution in [0.15, 0.2) is 24.3 Å². The van der Waals surface area contributed by atoms with E-state index in [0.29, 0.717) is 36.2 Å². The minimum Gasteiger partial charge on any atom is -0.462 e. The lowest BCUT2D eigenvalue weighted by molar-refractivity contribution is -0.141. The number of ether oxygens (including phenoxy) is 2. The molecule has 0 aromatic carbocycles. The first-order valence-electron chi connectivity index (χ1n) is 13.9. The number of carbonyl (C=O) groups is 2. The minimum absolute atomic E-state index is 0.240. The summed E-state index contributed by atoms with van der Waals surface area (Å²) in [6.45, 7) is 11.9. The summed E-state index contributed by atoms with van der Waals surface area (Å²) < 4.78 is 10.8. The maximum atomic E-state index is 11.6. The van der Waals surface area contributed by atoms with Crippen LogP contribution in [-0.4, -0.2) is 25.2 Å². The van der Waals surface area contributed by atoms with Gasteiger partial charge in [0, 0.05) is 11.1 Å². The summed E-state index contributed by atoms with van der Waals surface area (Å²) in [5.74, 6) is 4.22. The molecule has 0 saturated heterocycles. The van der Waals surface area contributed by atoms with Crippen LogP contribution in [0.2, 0.25) is 0 Å². The van der Waals surface area contributed by atoms with Crippen LogP contribution in [0.1, 0.15) is 104 Å². The molecule has 4 heteroatoms. The highest BCUT2D eigenvalue weighted by atomic mass is 16.5. The van der Waals surface area contributed by atoms with Crippen LogP contribution in [0.4, 0.5) is 0 Å². The van der Waals surface area contributed by atoms with Crippen molar-refractivity contribution in [2.45, 2.75) is 104 Å². The van der Waals surface area contributed by atoms with E-state index in [1.54, 1.807) is 13.8 Å². The van der Waals surface area contributed by atoms with E-state index in [2.05, 4.69) is 13.2 Å². The van der Waals surface area contributed by atoms with Crippen LogP contribution in [0.5, 0.6) is 0 Å². The van der Waals surface area contributed by atoms with Crippen molar-refractivity contribution in [2.75, 3.05) is 13.2 Å². The van der Waals surface area contributed by atoms with Crippen molar-refractivity contribution in [3.05, 3.63) is 24.3 Å². The van der Waals surface area contributed by atoms with Gasteiger partial charge >= 0.3 is 11.9 Å². The molecule has 34 heavy (non-hydrogen) atoms. The second-order valence-electron chi connectivity index (χ2n) is 11.9. The molecule has 0 N–H and O–H groups in total. The van der Waals surface area contributed by atoms with Crippen molar-refractivity contribution in [2.24, 2.45) is 35.5 Å². The average molecular weight is 473 g/mol. The third kappa shape index (κ3) is 8.89. The quantitative estimate of drug-likeness (QED) is 0.245. The minimum atomic E-state index is -0.240. The van der Waals surface area contributed by atoms with E-state index in [1.807, 2.05) is 0 Å². The van der Waals surface area contributed by atoms with Crippen LogP contribution in [0.25, 0.3) is 0 Å². The van der Waals surface area contributed by atoms with Crippen molar-refractivity contribution in [1.82, 2.24) is 0 Å². The molecule has 0 spiro atoms. The van der Waals surface area contributed by atoms with Crippen LogP contribution in [-0.2, 0) is 19.1 Å². The van der Waals surface area contributed by atoms with Gasteiger partial charge in [-0.2, -0.15) is 0 Å². The number of hydrogen-bond donors (Lipinski definition) is 0. The Kier molecular flexibility index (Phi) is 10.7. The second-order valence-corrected chi connectivity index (χ2v) is 11.9. The molecule has 192 valence electrons. The van der Waals surface area contributed by atoms with Gasteiger partial charge in [-0.3, -0.25) is 0 Å². The number of carbonyl (C=O) groups excluding carboxylic acids is 2. The van der Waals surface area contributed by atoms with E-state index in [-0.39, 0.29) is 11.9 Å². The molecule has 0 amide bonds. The zero-order valence-electron chi connectivity index (χ0n) is 21.8. The van der Waals surface area contributed by atoms with E-state index in [9.17, 15) is 9.59 Å². The van der Waals surface area contributed by atoms with E-state index < -0.39 is 0 Å². The van der Waals surface area contributed by atoms with Crippen LogP contribution >= 0.6 is 0 Å². The molecule has 3 saturated carbocycles. The van der Waals surface area contributed by atoms with Gasteiger partial charge in [0.15, 0.2) is 0 Å². The van der Waals surface area contributed by atoms with Gasteiger partial charge in [-0.1, -0.05) is 64.5 Å². The molecule has 0 atom stereocenters. The normalized spacial score (nSPS) is 31.9. The molecule has 0 aliphatic heterocycles. The highest BCUT2D eigenvalue weighted by Crippen LogP contribution is 2.42. The van der Waals surface area contributed by atoms with Gasteiger partial charge in [0.05, 0.1) is 13.2 Å². The van der Waals surface area contributed by atoms with Crippen LogP contribution in [0.3, 0.4) is 0 Å². The number of hydrogen-bond acceptors (Lipinski definition) is 4. The summed E-state index contributed by atoms with van der Waals surface area (Å²) in [6.07, 6.45) is 18.6. The van der Waals surface area contributed by atoms with Crippen molar-refractivity contribution in [3.63, 3.8) is 0 Å². The van der Waals surface area contributed by atoms with Crippen molar-refractivity contribution in [1.29, 1.82) is 0 Å². The molecule has 3 aliphatic carbocycles. The Morgan fingerprint density at radius 2 is 0.765 bits per heavy atom. The smallest absolute Gasteiger partial charge is 0.333 e. The molecule has 0 heterocycles. The van der Waals surface area contributed by atoms with Crippen molar-refractivity contribution < 1.29 is 19.1 Å². The Bertz CT molecular complexity index is 627. The topological polar surface area (TPSA) is 52.6 Å². The number of esters is 2. The SMILES string of the molecule is C=C(C)C(=O)OCC1CCC(CC2CCC(CC3CCC(COC(=O)C(=C)C)CC3)CC2)CC1. The van der Waals surface area contributed by atoms with Crippen molar-refractivity contribution in [3.8, 4) is 0 Å². The fourth-order valence-corrected chi connectivity index (χ4v) is 6.55. The molecular weight excluding hydrogens is 424 g/mol. The Morgan fingerprint density at radius 1 is 0.529 bits per heavy atom. The molecular formula is C30H48O4. The fourth-order valence-electron chi connectivity index (χ4n) is 6.55. The predicted octanol–water partition coefficient (Wildman–Crippen LogP) is 7.42. The van der Waals surface area contributed by atoms with E-state index in [0.717, 1.165) is 23.7 Å². The van der Waals surface area contributed by atoms with Crippen molar-refractivity contribution >= 4 is 11.9 Å². The Hall–Kier alpha value is -1.58. The Morgan fingerprint density at radius 3 is 1.00 bits per heavy atom. The summed E-state index contributed by atoms with van der Waals surface area (Å²) in [4.78, 5) is 23.2. The first-order valence-corrected chi connectivity index (χ1v) is 13.9. The molecule has 3 fully saturated rings. The Balaban J connectivity index is 1.24. The largest absolute Gasteiger partial charge is 0.462 e. The second kappa shape index (κ2) is 13.5. The summed E-state index contributed by atoms with van der Waals surface area (Å²) >= 11 is 0. The summed E-state index contributed by atoms with van der Waals surface area (Å²) in [5, 5.41) is 0. The van der Waals surface area contributed by atoms with Gasteiger partial charge in [0.1, 0.15) is 0 Å². The van der Waals surface area contributed by atoms with Gasteiger partial charge in [-0.15, -0.1) is 0 Å². The lowest BCUT2D eigenvalue weighted by atomic mass is 9.70. The molecule has 4 nitrogen and oxygen atoms in total. The highest BCUT2D eigenvalue weighted by Gasteiger charge is 2.30. The summed E-state index contributed by atoms with van der Waals surface area (Å²) in [6, 6.07) is 0. The molecule has 0 bridgehead atoms. The molecule has 3 rings (SSSR count). The van der Waals surface area contributed by atoms with Crippen LogP contribution < -0.4 is 0 Å². The average Bonchev–Trinajstić information content (AvgIpc) is 2.83. The summed E-state index contributed by atoms with van der Waals surface area (Å²) in [5.41, 5.74) is 0.997. The first kappa shape index (κ1) is 27.0. The third-order valence-electron chi connectivity index (χ3n) is 8.83. The molecule has 0 unspecified atom stereocenters. The molecule has 0 aromatic rings. The van der Waals surface area contributed by atoms with Gasteiger partial charge in [0.25, 0.3) is 0 Å². The lowest BCUT2D eigenvalue weighted by Crippen LogP contribution is -2.25. The van der Waals surface area contributed by atoms with E-state index >= 15 is 0 Å². The molecule has 0 aromatic heterocycles. The monoisotopic (exact) mass is 472 g/mol. The van der Waals surface area contributed by atoms with Gasteiger partial charge in [-0.05, 0) is 87.9 Å².